The molecule has 1 aromatic heterocycles. The molecule has 2 rings (SSSR count). The monoisotopic (exact) mass is 280 g/mol. The smallest absolute Gasteiger partial charge is 0.129 e. The van der Waals surface area contributed by atoms with E-state index in [9.17, 15) is 0 Å². The van der Waals surface area contributed by atoms with Gasteiger partial charge in [0.1, 0.15) is 5.82 Å². The Kier molecular flexibility index (Phi) is 5.50. The molecular formula is C16H25ClN2. The molecule has 3 heteroatoms. The van der Waals surface area contributed by atoms with E-state index in [1.54, 1.807) is 0 Å². The van der Waals surface area contributed by atoms with Gasteiger partial charge in [-0.3, -0.25) is 0 Å². The molecule has 1 atom stereocenters. The van der Waals surface area contributed by atoms with Crippen LogP contribution in [0.15, 0.2) is 12.1 Å². The first-order valence-electron chi connectivity index (χ1n) is 7.61. The fourth-order valence-electron chi connectivity index (χ4n) is 2.94. The Morgan fingerprint density at radius 2 is 2.11 bits per heavy atom. The molecule has 0 aromatic carbocycles. The molecule has 0 bridgehead atoms. The Hall–Kier alpha value is -0.760. The Bertz CT molecular complexity index is 383. The average molecular weight is 281 g/mol. The van der Waals surface area contributed by atoms with E-state index in [0.717, 1.165) is 24.5 Å². The van der Waals surface area contributed by atoms with Gasteiger partial charge in [-0.2, -0.15) is 0 Å². The zero-order chi connectivity index (χ0) is 13.7. The molecule has 1 fully saturated rings. The lowest BCUT2D eigenvalue weighted by atomic mass is 10.1. The summed E-state index contributed by atoms with van der Waals surface area (Å²) in [7, 11) is 0. The summed E-state index contributed by atoms with van der Waals surface area (Å²) < 4.78 is 0. The quantitative estimate of drug-likeness (QED) is 0.753. The number of alkyl halides is 1. The lowest BCUT2D eigenvalue weighted by molar-refractivity contribution is 0.551. The molecule has 0 aliphatic carbocycles. The van der Waals surface area contributed by atoms with Gasteiger partial charge in [0.15, 0.2) is 0 Å². The SMILES string of the molecule is CCc1cc(CCl)cc(N2CCCCCC2CC)n1. The second kappa shape index (κ2) is 7.14. The first-order chi connectivity index (χ1) is 9.28. The number of pyridine rings is 1. The van der Waals surface area contributed by atoms with E-state index in [0.29, 0.717) is 11.9 Å². The van der Waals surface area contributed by atoms with E-state index in [1.165, 1.54) is 37.7 Å². The van der Waals surface area contributed by atoms with Gasteiger partial charge in [-0.1, -0.05) is 26.7 Å². The highest BCUT2D eigenvalue weighted by Crippen LogP contribution is 2.26. The zero-order valence-electron chi connectivity index (χ0n) is 12.2. The minimum absolute atomic E-state index is 0.577. The van der Waals surface area contributed by atoms with Crippen molar-refractivity contribution < 1.29 is 0 Å². The molecule has 0 amide bonds. The lowest BCUT2D eigenvalue weighted by Crippen LogP contribution is -2.35. The van der Waals surface area contributed by atoms with Crippen LogP contribution in [0.25, 0.3) is 0 Å². The van der Waals surface area contributed by atoms with E-state index in [1.807, 2.05) is 0 Å². The molecule has 1 aromatic rings. The molecule has 1 unspecified atom stereocenters. The predicted octanol–water partition coefficient (Wildman–Crippen LogP) is 4.54. The Morgan fingerprint density at radius 1 is 1.26 bits per heavy atom. The number of nitrogens with zero attached hydrogens (tertiary/aromatic N) is 2. The van der Waals surface area contributed by atoms with Gasteiger partial charge >= 0.3 is 0 Å². The molecule has 1 saturated heterocycles. The van der Waals surface area contributed by atoms with Crippen molar-refractivity contribution in [3.63, 3.8) is 0 Å². The van der Waals surface area contributed by atoms with Crippen molar-refractivity contribution in [3.8, 4) is 0 Å². The maximum atomic E-state index is 6.02. The number of hydrogen-bond donors (Lipinski definition) is 0. The van der Waals surface area contributed by atoms with Crippen LogP contribution in [0.4, 0.5) is 5.82 Å². The summed E-state index contributed by atoms with van der Waals surface area (Å²) in [5.74, 6) is 1.72. The number of anilines is 1. The molecule has 106 valence electrons. The van der Waals surface area contributed by atoms with Crippen LogP contribution in [0, 0.1) is 0 Å². The predicted molar refractivity (Wildman–Crippen MR) is 83.1 cm³/mol. The molecule has 0 saturated carbocycles. The minimum atomic E-state index is 0.577. The summed E-state index contributed by atoms with van der Waals surface area (Å²) >= 11 is 6.02. The molecule has 2 nitrogen and oxygen atoms in total. The normalized spacial score (nSPS) is 20.4. The van der Waals surface area contributed by atoms with Crippen molar-refractivity contribution in [1.82, 2.24) is 4.98 Å². The number of aromatic nitrogens is 1. The molecule has 1 aliphatic heterocycles. The summed E-state index contributed by atoms with van der Waals surface area (Å²) in [6, 6.07) is 4.96. The molecule has 2 heterocycles. The largest absolute Gasteiger partial charge is 0.354 e. The standard InChI is InChI=1S/C16H25ClN2/c1-3-14-10-13(12-17)11-16(18-14)19-9-7-5-6-8-15(19)4-2/h10-11,15H,3-9,12H2,1-2H3. The van der Waals surface area contributed by atoms with E-state index in [-0.39, 0.29) is 0 Å². The molecule has 0 radical (unpaired) electrons. The first kappa shape index (κ1) is 14.6. The Balaban J connectivity index is 2.31. The summed E-state index contributed by atoms with van der Waals surface area (Å²) in [6.07, 6.45) is 7.46. The zero-order valence-corrected chi connectivity index (χ0v) is 12.9. The van der Waals surface area contributed by atoms with Gasteiger partial charge in [0, 0.05) is 24.2 Å². The van der Waals surface area contributed by atoms with Gasteiger partial charge in [0.05, 0.1) is 0 Å². The molecule has 0 spiro atoms. The first-order valence-corrected chi connectivity index (χ1v) is 8.14. The third-order valence-electron chi connectivity index (χ3n) is 4.08. The van der Waals surface area contributed by atoms with Crippen LogP contribution in [0.5, 0.6) is 0 Å². The fraction of sp³-hybridized carbons (Fsp3) is 0.688. The Morgan fingerprint density at radius 3 is 2.79 bits per heavy atom. The fourth-order valence-corrected chi connectivity index (χ4v) is 3.10. The number of hydrogen-bond acceptors (Lipinski definition) is 2. The third kappa shape index (κ3) is 3.62. The lowest BCUT2D eigenvalue weighted by Gasteiger charge is -2.31. The van der Waals surface area contributed by atoms with Crippen molar-refractivity contribution in [1.29, 1.82) is 0 Å². The summed E-state index contributed by atoms with van der Waals surface area (Å²) in [6.45, 7) is 5.58. The second-order valence-corrected chi connectivity index (χ2v) is 5.68. The van der Waals surface area contributed by atoms with Crippen molar-refractivity contribution in [3.05, 3.63) is 23.4 Å². The van der Waals surface area contributed by atoms with E-state index in [2.05, 4.69) is 30.9 Å². The minimum Gasteiger partial charge on any atom is -0.354 e. The highest BCUT2D eigenvalue weighted by molar-refractivity contribution is 6.17. The van der Waals surface area contributed by atoms with E-state index < -0.39 is 0 Å². The maximum Gasteiger partial charge on any atom is 0.129 e. The molecule has 1 aliphatic rings. The van der Waals surface area contributed by atoms with Gasteiger partial charge in [-0.25, -0.2) is 4.98 Å². The van der Waals surface area contributed by atoms with Gasteiger partial charge in [-0.15, -0.1) is 11.6 Å². The van der Waals surface area contributed by atoms with Crippen LogP contribution < -0.4 is 4.90 Å². The summed E-state index contributed by atoms with van der Waals surface area (Å²) in [5, 5.41) is 0. The highest BCUT2D eigenvalue weighted by atomic mass is 35.5. The van der Waals surface area contributed by atoms with Gasteiger partial charge in [-0.05, 0) is 43.4 Å². The van der Waals surface area contributed by atoms with E-state index in [4.69, 9.17) is 16.6 Å². The summed E-state index contributed by atoms with van der Waals surface area (Å²) in [5.41, 5.74) is 2.36. The van der Waals surface area contributed by atoms with Crippen molar-refractivity contribution in [2.75, 3.05) is 11.4 Å². The van der Waals surface area contributed by atoms with Crippen LogP contribution in [0.3, 0.4) is 0 Å². The van der Waals surface area contributed by atoms with Crippen LogP contribution in [0.1, 0.15) is 57.2 Å². The van der Waals surface area contributed by atoms with E-state index >= 15 is 0 Å². The van der Waals surface area contributed by atoms with Crippen LogP contribution in [-0.2, 0) is 12.3 Å². The summed E-state index contributed by atoms with van der Waals surface area (Å²) in [4.78, 5) is 7.35. The van der Waals surface area contributed by atoms with Crippen molar-refractivity contribution >= 4 is 17.4 Å². The maximum absolute atomic E-state index is 6.02. The number of rotatable bonds is 4. The van der Waals surface area contributed by atoms with Crippen LogP contribution >= 0.6 is 11.6 Å². The Labute approximate surface area is 122 Å². The molecule has 0 N–H and O–H groups in total. The van der Waals surface area contributed by atoms with Crippen LogP contribution in [-0.4, -0.2) is 17.6 Å². The van der Waals surface area contributed by atoms with Gasteiger partial charge < -0.3 is 4.90 Å². The average Bonchev–Trinajstić information content (AvgIpc) is 2.71. The number of aryl methyl sites for hydroxylation is 1. The topological polar surface area (TPSA) is 16.1 Å². The highest BCUT2D eigenvalue weighted by Gasteiger charge is 2.21. The molecule has 19 heavy (non-hydrogen) atoms. The molecular weight excluding hydrogens is 256 g/mol. The second-order valence-electron chi connectivity index (χ2n) is 5.42. The van der Waals surface area contributed by atoms with Crippen LogP contribution in [0.2, 0.25) is 0 Å². The van der Waals surface area contributed by atoms with Crippen molar-refractivity contribution in [2.45, 2.75) is 64.3 Å². The number of halogens is 1. The third-order valence-corrected chi connectivity index (χ3v) is 4.39. The van der Waals surface area contributed by atoms with Gasteiger partial charge in [0.25, 0.3) is 0 Å². The van der Waals surface area contributed by atoms with Gasteiger partial charge in [0.2, 0.25) is 0 Å². The van der Waals surface area contributed by atoms with Crippen molar-refractivity contribution in [2.24, 2.45) is 0 Å².